The molecule has 2 unspecified atom stereocenters. The van der Waals surface area contributed by atoms with Gasteiger partial charge in [-0.15, -0.1) is 0 Å². The number of hydrogen-bond donors (Lipinski definition) is 1. The number of likely N-dealkylation sites (tertiary alicyclic amines) is 1. The van der Waals surface area contributed by atoms with Crippen molar-refractivity contribution in [2.45, 2.75) is 64.6 Å². The molecule has 1 aromatic carbocycles. The fourth-order valence-electron chi connectivity index (χ4n) is 4.26. The third kappa shape index (κ3) is 3.67. The second-order valence-corrected chi connectivity index (χ2v) is 6.82. The lowest BCUT2D eigenvalue weighted by molar-refractivity contribution is 0.105. The molecule has 1 aromatic rings. The first-order chi connectivity index (χ1) is 10.4. The van der Waals surface area contributed by atoms with Crippen LogP contribution in [-0.2, 0) is 13.1 Å². The van der Waals surface area contributed by atoms with Crippen LogP contribution in [0.25, 0.3) is 0 Å². The second-order valence-electron chi connectivity index (χ2n) is 6.82. The minimum absolute atomic E-state index is 0.871. The highest BCUT2D eigenvalue weighted by Gasteiger charge is 2.34. The van der Waals surface area contributed by atoms with Gasteiger partial charge in [0.2, 0.25) is 0 Å². The molecule has 0 aromatic heterocycles. The zero-order chi connectivity index (χ0) is 14.5. The van der Waals surface area contributed by atoms with E-state index in [0.717, 1.165) is 31.6 Å². The van der Waals surface area contributed by atoms with Gasteiger partial charge in [0.25, 0.3) is 0 Å². The van der Waals surface area contributed by atoms with Gasteiger partial charge in [-0.1, -0.05) is 37.6 Å². The van der Waals surface area contributed by atoms with Gasteiger partial charge in [0.05, 0.1) is 0 Å². The van der Waals surface area contributed by atoms with Crippen molar-refractivity contribution < 1.29 is 0 Å². The Hall–Kier alpha value is -0.860. The van der Waals surface area contributed by atoms with Gasteiger partial charge in [0.1, 0.15) is 0 Å². The Labute approximate surface area is 129 Å². The molecule has 1 saturated carbocycles. The Balaban J connectivity index is 1.66. The first-order valence-corrected chi connectivity index (χ1v) is 8.90. The van der Waals surface area contributed by atoms with Crippen LogP contribution < -0.4 is 5.32 Å². The van der Waals surface area contributed by atoms with Gasteiger partial charge in [0, 0.05) is 19.1 Å². The van der Waals surface area contributed by atoms with Crippen LogP contribution in [0, 0.1) is 5.92 Å². The van der Waals surface area contributed by atoms with E-state index in [0.29, 0.717) is 0 Å². The summed E-state index contributed by atoms with van der Waals surface area (Å²) in [4.78, 5) is 2.78. The van der Waals surface area contributed by atoms with Crippen molar-refractivity contribution in [3.63, 3.8) is 0 Å². The normalized spacial score (nSPS) is 26.0. The number of rotatable bonds is 6. The molecular formula is C19H30N2. The number of nitrogens with zero attached hydrogens (tertiary/aromatic N) is 1. The van der Waals surface area contributed by atoms with Gasteiger partial charge in [-0.3, -0.25) is 4.90 Å². The van der Waals surface area contributed by atoms with Gasteiger partial charge in [-0.2, -0.15) is 0 Å². The van der Waals surface area contributed by atoms with Crippen LogP contribution in [0.1, 0.15) is 56.6 Å². The molecule has 1 aliphatic carbocycles. The van der Waals surface area contributed by atoms with Gasteiger partial charge in [-0.25, -0.2) is 0 Å². The van der Waals surface area contributed by atoms with Crippen molar-refractivity contribution in [1.82, 2.24) is 10.2 Å². The lowest BCUT2D eigenvalue weighted by atomic mass is 9.91. The number of nitrogens with one attached hydrogen (secondary N) is 1. The van der Waals surface area contributed by atoms with E-state index >= 15 is 0 Å². The van der Waals surface area contributed by atoms with Gasteiger partial charge in [-0.05, 0) is 62.2 Å². The zero-order valence-electron chi connectivity index (χ0n) is 13.5. The summed E-state index contributed by atoms with van der Waals surface area (Å²) >= 11 is 0. The number of benzene rings is 1. The molecular weight excluding hydrogens is 256 g/mol. The maximum Gasteiger partial charge on any atom is 0.0240 e. The molecule has 2 nitrogen and oxygen atoms in total. The molecule has 3 rings (SSSR count). The molecule has 2 heteroatoms. The summed E-state index contributed by atoms with van der Waals surface area (Å²) in [6, 6.07) is 9.89. The highest BCUT2D eigenvalue weighted by Crippen LogP contribution is 2.37. The monoisotopic (exact) mass is 286 g/mol. The summed E-state index contributed by atoms with van der Waals surface area (Å²) < 4.78 is 0. The first kappa shape index (κ1) is 15.1. The first-order valence-electron chi connectivity index (χ1n) is 8.90. The van der Waals surface area contributed by atoms with E-state index in [-0.39, 0.29) is 0 Å². The van der Waals surface area contributed by atoms with E-state index in [2.05, 4.69) is 41.4 Å². The van der Waals surface area contributed by atoms with Crippen molar-refractivity contribution in [2.75, 3.05) is 13.1 Å². The Morgan fingerprint density at radius 3 is 2.76 bits per heavy atom. The van der Waals surface area contributed by atoms with Crippen molar-refractivity contribution in [3.8, 4) is 0 Å². The van der Waals surface area contributed by atoms with Gasteiger partial charge in [0.15, 0.2) is 0 Å². The third-order valence-electron chi connectivity index (χ3n) is 5.34. The van der Waals surface area contributed by atoms with Crippen molar-refractivity contribution in [3.05, 3.63) is 35.4 Å². The molecule has 1 N–H and O–H groups in total. The summed E-state index contributed by atoms with van der Waals surface area (Å²) in [5, 5.41) is 3.56. The maximum atomic E-state index is 3.56. The minimum atomic E-state index is 0.871. The Kier molecular flexibility index (Phi) is 5.32. The molecule has 2 atom stereocenters. The average Bonchev–Trinajstić information content (AvgIpc) is 2.99. The summed E-state index contributed by atoms with van der Waals surface area (Å²) in [7, 11) is 0. The summed E-state index contributed by atoms with van der Waals surface area (Å²) in [6.07, 6.45) is 8.43. The van der Waals surface area contributed by atoms with Gasteiger partial charge >= 0.3 is 0 Å². The van der Waals surface area contributed by atoms with E-state index in [1.165, 1.54) is 56.2 Å². The Morgan fingerprint density at radius 1 is 1.10 bits per heavy atom. The van der Waals surface area contributed by atoms with E-state index in [4.69, 9.17) is 0 Å². The predicted molar refractivity (Wildman–Crippen MR) is 89.2 cm³/mol. The third-order valence-corrected chi connectivity index (χ3v) is 5.34. The SMILES string of the molecule is CCCNCc1ccccc1CN1CCCC2CCCC21. The molecule has 21 heavy (non-hydrogen) atoms. The highest BCUT2D eigenvalue weighted by atomic mass is 15.2. The van der Waals surface area contributed by atoms with Crippen LogP contribution in [0.5, 0.6) is 0 Å². The largest absolute Gasteiger partial charge is 0.313 e. The lowest BCUT2D eigenvalue weighted by Crippen LogP contribution is -2.42. The van der Waals surface area contributed by atoms with Crippen LogP contribution >= 0.6 is 0 Å². The standard InChI is InChI=1S/C19H30N2/c1-2-12-20-14-17-7-3-4-8-18(17)15-21-13-6-10-16-9-5-11-19(16)21/h3-4,7-8,16,19-20H,2,5-6,9-15H2,1H3. The van der Waals surface area contributed by atoms with Crippen molar-refractivity contribution in [2.24, 2.45) is 5.92 Å². The molecule has 0 bridgehead atoms. The maximum absolute atomic E-state index is 3.56. The Bertz CT molecular complexity index is 443. The molecule has 1 heterocycles. The van der Waals surface area contributed by atoms with E-state index in [9.17, 15) is 0 Å². The van der Waals surface area contributed by atoms with E-state index in [1.807, 2.05) is 0 Å². The van der Waals surface area contributed by atoms with Crippen molar-refractivity contribution >= 4 is 0 Å². The smallest absolute Gasteiger partial charge is 0.0240 e. The Morgan fingerprint density at radius 2 is 1.90 bits per heavy atom. The van der Waals surface area contributed by atoms with Crippen LogP contribution in [0.15, 0.2) is 24.3 Å². The minimum Gasteiger partial charge on any atom is -0.313 e. The highest BCUT2D eigenvalue weighted by molar-refractivity contribution is 5.27. The molecule has 2 aliphatic rings. The molecule has 2 fully saturated rings. The fourth-order valence-corrected chi connectivity index (χ4v) is 4.26. The van der Waals surface area contributed by atoms with Crippen LogP contribution in [0.4, 0.5) is 0 Å². The topological polar surface area (TPSA) is 15.3 Å². The molecule has 0 spiro atoms. The summed E-state index contributed by atoms with van der Waals surface area (Å²) in [5.41, 5.74) is 3.03. The molecule has 0 amide bonds. The molecule has 1 saturated heterocycles. The fraction of sp³-hybridized carbons (Fsp3) is 0.684. The van der Waals surface area contributed by atoms with E-state index in [1.54, 1.807) is 0 Å². The van der Waals surface area contributed by atoms with Crippen LogP contribution in [0.2, 0.25) is 0 Å². The molecule has 0 radical (unpaired) electrons. The number of hydrogen-bond acceptors (Lipinski definition) is 2. The quantitative estimate of drug-likeness (QED) is 0.797. The molecule has 1 aliphatic heterocycles. The van der Waals surface area contributed by atoms with Crippen LogP contribution in [-0.4, -0.2) is 24.0 Å². The number of piperidine rings is 1. The predicted octanol–water partition coefficient (Wildman–Crippen LogP) is 3.95. The zero-order valence-corrected chi connectivity index (χ0v) is 13.5. The summed E-state index contributed by atoms with van der Waals surface area (Å²) in [6.45, 7) is 6.82. The van der Waals surface area contributed by atoms with E-state index < -0.39 is 0 Å². The summed E-state index contributed by atoms with van der Waals surface area (Å²) in [5.74, 6) is 0.990. The lowest BCUT2D eigenvalue weighted by Gasteiger charge is -2.38. The van der Waals surface area contributed by atoms with Gasteiger partial charge < -0.3 is 5.32 Å². The molecule has 116 valence electrons. The number of fused-ring (bicyclic) bond motifs is 1. The average molecular weight is 286 g/mol. The van der Waals surface area contributed by atoms with Crippen molar-refractivity contribution in [1.29, 1.82) is 0 Å². The second kappa shape index (κ2) is 7.42. The van der Waals surface area contributed by atoms with Crippen LogP contribution in [0.3, 0.4) is 0 Å².